The second-order valence-corrected chi connectivity index (χ2v) is 7.20. The summed E-state index contributed by atoms with van der Waals surface area (Å²) in [5.41, 5.74) is 2.85. The van der Waals surface area contributed by atoms with E-state index in [1.807, 2.05) is 42.5 Å². The number of hydrogen-bond donors (Lipinski definition) is 1. The van der Waals surface area contributed by atoms with Gasteiger partial charge in [-0.05, 0) is 35.9 Å². The van der Waals surface area contributed by atoms with E-state index in [0.29, 0.717) is 16.1 Å². The number of fused-ring (bicyclic) bond motifs is 1. The molecule has 4 aromatic rings. The number of thiazole rings is 1. The lowest BCUT2D eigenvalue weighted by atomic mass is 10.0. The van der Waals surface area contributed by atoms with Crippen LogP contribution in [0, 0.1) is 0 Å². The van der Waals surface area contributed by atoms with Crippen LogP contribution in [0.15, 0.2) is 78.9 Å². The summed E-state index contributed by atoms with van der Waals surface area (Å²) < 4.78 is 1.01. The van der Waals surface area contributed by atoms with Crippen molar-refractivity contribution in [2.45, 2.75) is 0 Å². The molecule has 5 heteroatoms. The van der Waals surface area contributed by atoms with E-state index >= 15 is 0 Å². The fourth-order valence-corrected chi connectivity index (χ4v) is 3.82. The number of Topliss-reactive ketones (excluding diaryl/α,β-unsaturated/α-hetero) is 1. The van der Waals surface area contributed by atoms with Crippen LogP contribution >= 0.6 is 11.3 Å². The van der Waals surface area contributed by atoms with Crippen LogP contribution in [-0.4, -0.2) is 21.8 Å². The summed E-state index contributed by atoms with van der Waals surface area (Å²) in [5, 5.41) is 9.71. The van der Waals surface area contributed by atoms with E-state index in [1.165, 1.54) is 23.5 Å². The maximum atomic E-state index is 13.2. The average molecular weight is 385 g/mol. The third kappa shape index (κ3) is 3.61. The first-order valence-corrected chi connectivity index (χ1v) is 9.44. The number of carboxylic acids is 1. The highest BCUT2D eigenvalue weighted by atomic mass is 32.1. The smallest absolute Gasteiger partial charge is 0.335 e. The molecule has 1 N–H and O–H groups in total. The molecule has 1 heterocycles. The van der Waals surface area contributed by atoms with E-state index in [9.17, 15) is 9.59 Å². The summed E-state index contributed by atoms with van der Waals surface area (Å²) >= 11 is 1.46. The number of benzene rings is 3. The van der Waals surface area contributed by atoms with Crippen molar-refractivity contribution in [3.8, 4) is 0 Å². The highest BCUT2D eigenvalue weighted by Gasteiger charge is 2.18. The number of ketones is 1. The Morgan fingerprint density at radius 1 is 0.821 bits per heavy atom. The van der Waals surface area contributed by atoms with Gasteiger partial charge in [0.05, 0.1) is 21.4 Å². The normalized spacial score (nSPS) is 11.5. The highest BCUT2D eigenvalue weighted by molar-refractivity contribution is 7.20. The second-order valence-electron chi connectivity index (χ2n) is 6.17. The first kappa shape index (κ1) is 17.8. The van der Waals surface area contributed by atoms with Crippen LogP contribution < -0.4 is 0 Å². The molecule has 3 aromatic carbocycles. The molecule has 4 rings (SSSR count). The minimum absolute atomic E-state index is 0.123. The Labute approximate surface area is 165 Å². The van der Waals surface area contributed by atoms with Gasteiger partial charge in [0, 0.05) is 5.56 Å². The SMILES string of the molecule is O=C(O)c1ccc(C=C(C(=O)c2ccccc2)c2nc3ccccc3s2)cc1. The maximum Gasteiger partial charge on any atom is 0.335 e. The molecule has 0 spiro atoms. The molecule has 0 saturated carbocycles. The summed E-state index contributed by atoms with van der Waals surface area (Å²) in [5.74, 6) is -1.11. The number of allylic oxidation sites excluding steroid dienone is 1. The van der Waals surface area contributed by atoms with Crippen molar-refractivity contribution in [1.82, 2.24) is 4.98 Å². The second kappa shape index (κ2) is 7.58. The lowest BCUT2D eigenvalue weighted by Gasteiger charge is -2.05. The monoisotopic (exact) mass is 385 g/mol. The molecular weight excluding hydrogens is 370 g/mol. The van der Waals surface area contributed by atoms with Crippen molar-refractivity contribution in [2.75, 3.05) is 0 Å². The zero-order chi connectivity index (χ0) is 19.5. The fraction of sp³-hybridized carbons (Fsp3) is 0. The summed E-state index contributed by atoms with van der Waals surface area (Å²) in [6, 6.07) is 23.2. The Morgan fingerprint density at radius 2 is 1.50 bits per heavy atom. The van der Waals surface area contributed by atoms with Crippen LogP contribution in [0.25, 0.3) is 21.9 Å². The average Bonchev–Trinajstić information content (AvgIpc) is 3.16. The first-order valence-electron chi connectivity index (χ1n) is 8.62. The van der Waals surface area contributed by atoms with Crippen molar-refractivity contribution in [1.29, 1.82) is 0 Å². The highest BCUT2D eigenvalue weighted by Crippen LogP contribution is 2.30. The third-order valence-electron chi connectivity index (χ3n) is 4.27. The van der Waals surface area contributed by atoms with Gasteiger partial charge in [0.25, 0.3) is 0 Å². The molecule has 4 nitrogen and oxygen atoms in total. The number of nitrogens with zero attached hydrogens (tertiary/aromatic N) is 1. The predicted molar refractivity (Wildman–Crippen MR) is 112 cm³/mol. The third-order valence-corrected chi connectivity index (χ3v) is 5.34. The molecule has 28 heavy (non-hydrogen) atoms. The quantitative estimate of drug-likeness (QED) is 0.368. The van der Waals surface area contributed by atoms with Crippen molar-refractivity contribution in [2.24, 2.45) is 0 Å². The molecule has 0 atom stereocenters. The lowest BCUT2D eigenvalue weighted by molar-refractivity contribution is 0.0696. The molecule has 0 bridgehead atoms. The molecule has 136 valence electrons. The minimum atomic E-state index is -0.984. The molecule has 0 saturated heterocycles. The minimum Gasteiger partial charge on any atom is -0.478 e. The van der Waals surface area contributed by atoms with Gasteiger partial charge in [0.1, 0.15) is 5.01 Å². The fourth-order valence-electron chi connectivity index (χ4n) is 2.85. The number of carbonyl (C=O) groups excluding carboxylic acids is 1. The van der Waals surface area contributed by atoms with Crippen molar-refractivity contribution < 1.29 is 14.7 Å². The molecule has 0 unspecified atom stereocenters. The molecule has 0 radical (unpaired) electrons. The van der Waals surface area contributed by atoms with Gasteiger partial charge in [-0.3, -0.25) is 4.79 Å². The number of aromatic nitrogens is 1. The molecule has 0 aliphatic rings. The van der Waals surface area contributed by atoms with E-state index in [-0.39, 0.29) is 11.3 Å². The molecule has 0 aliphatic carbocycles. The van der Waals surface area contributed by atoms with Gasteiger partial charge in [-0.2, -0.15) is 0 Å². The Morgan fingerprint density at radius 3 is 2.18 bits per heavy atom. The van der Waals surface area contributed by atoms with Crippen LogP contribution in [0.3, 0.4) is 0 Å². The van der Waals surface area contributed by atoms with Crippen molar-refractivity contribution in [3.05, 3.63) is 101 Å². The van der Waals surface area contributed by atoms with Gasteiger partial charge in [-0.1, -0.05) is 54.6 Å². The number of para-hydroxylation sites is 1. The van der Waals surface area contributed by atoms with Crippen LogP contribution in [0.5, 0.6) is 0 Å². The Kier molecular flexibility index (Phi) is 4.83. The van der Waals surface area contributed by atoms with Gasteiger partial charge in [-0.25, -0.2) is 9.78 Å². The zero-order valence-electron chi connectivity index (χ0n) is 14.7. The number of hydrogen-bond acceptors (Lipinski definition) is 4. The van der Waals surface area contributed by atoms with E-state index in [2.05, 4.69) is 4.98 Å². The van der Waals surface area contributed by atoms with E-state index < -0.39 is 5.97 Å². The van der Waals surface area contributed by atoms with Gasteiger partial charge in [-0.15, -0.1) is 11.3 Å². The summed E-state index contributed by atoms with van der Waals surface area (Å²) in [7, 11) is 0. The van der Waals surface area contributed by atoms with Crippen molar-refractivity contribution >= 4 is 45.0 Å². The first-order chi connectivity index (χ1) is 13.6. The number of rotatable bonds is 5. The summed E-state index contributed by atoms with van der Waals surface area (Å²) in [6.45, 7) is 0. The van der Waals surface area contributed by atoms with E-state index in [4.69, 9.17) is 5.11 Å². The summed E-state index contributed by atoms with van der Waals surface area (Å²) in [4.78, 5) is 28.9. The van der Waals surface area contributed by atoms with Gasteiger partial charge < -0.3 is 5.11 Å². The van der Waals surface area contributed by atoms with E-state index in [1.54, 1.807) is 30.3 Å². The van der Waals surface area contributed by atoms with Crippen LogP contribution in [0.1, 0.15) is 31.3 Å². The molecule has 1 aromatic heterocycles. The molecular formula is C23H15NO3S. The standard InChI is InChI=1S/C23H15NO3S/c25-21(16-6-2-1-3-7-16)18(14-15-10-12-17(13-11-15)23(26)27)22-24-19-8-4-5-9-20(19)28-22/h1-14H,(H,26,27). The maximum absolute atomic E-state index is 13.2. The van der Waals surface area contributed by atoms with Crippen LogP contribution in [0.4, 0.5) is 0 Å². The predicted octanol–water partition coefficient (Wildman–Crippen LogP) is 5.42. The largest absolute Gasteiger partial charge is 0.478 e. The Balaban J connectivity index is 1.83. The molecule has 0 fully saturated rings. The van der Waals surface area contributed by atoms with Crippen molar-refractivity contribution in [3.63, 3.8) is 0 Å². The van der Waals surface area contributed by atoms with Crippen LogP contribution in [0.2, 0.25) is 0 Å². The Bertz CT molecular complexity index is 1160. The van der Waals surface area contributed by atoms with Gasteiger partial charge in [0.15, 0.2) is 5.78 Å². The number of carboxylic acid groups (broad SMARTS) is 1. The topological polar surface area (TPSA) is 67.3 Å². The zero-order valence-corrected chi connectivity index (χ0v) is 15.5. The van der Waals surface area contributed by atoms with Crippen LogP contribution in [-0.2, 0) is 0 Å². The van der Waals surface area contributed by atoms with Gasteiger partial charge >= 0.3 is 5.97 Å². The molecule has 0 aliphatic heterocycles. The lowest BCUT2D eigenvalue weighted by Crippen LogP contribution is -2.02. The summed E-state index contributed by atoms with van der Waals surface area (Å²) in [6.07, 6.45) is 1.76. The molecule has 0 amide bonds. The Hall–Kier alpha value is -3.57. The number of aromatic carboxylic acids is 1. The van der Waals surface area contributed by atoms with Gasteiger partial charge in [0.2, 0.25) is 0 Å². The van der Waals surface area contributed by atoms with E-state index in [0.717, 1.165) is 15.8 Å². The number of carbonyl (C=O) groups is 2.